The quantitative estimate of drug-likeness (QED) is 0.610. The molecule has 1 aliphatic rings. The first-order valence-electron chi connectivity index (χ1n) is 11.6. The van der Waals surface area contributed by atoms with E-state index in [9.17, 15) is 22.8 Å². The molecule has 198 valence electrons. The van der Waals surface area contributed by atoms with Gasteiger partial charge in [-0.1, -0.05) is 6.92 Å². The summed E-state index contributed by atoms with van der Waals surface area (Å²) in [7, 11) is 5.98. The minimum atomic E-state index is -4.64. The number of rotatable bonds is 7. The highest BCUT2D eigenvalue weighted by molar-refractivity contribution is 5.69. The average Bonchev–Trinajstić information content (AvgIpc) is 3.23. The fraction of sp³-hybridized carbons (Fsp3) is 0.542. The van der Waals surface area contributed by atoms with Gasteiger partial charge < -0.3 is 24.6 Å². The Morgan fingerprint density at radius 2 is 1.94 bits per heavy atom. The molecule has 0 aliphatic carbocycles. The summed E-state index contributed by atoms with van der Waals surface area (Å²) in [5.74, 6) is -0.0796. The van der Waals surface area contributed by atoms with Crippen LogP contribution in [-0.4, -0.2) is 73.6 Å². The minimum absolute atomic E-state index is 0.0796. The number of aryl methyl sites for hydroxylation is 1. The number of carbonyl (C=O) groups excluding carboxylic acids is 1. The lowest BCUT2D eigenvalue weighted by Crippen LogP contribution is -2.38. The van der Waals surface area contributed by atoms with E-state index in [4.69, 9.17) is 9.47 Å². The van der Waals surface area contributed by atoms with E-state index in [0.717, 1.165) is 10.6 Å². The van der Waals surface area contributed by atoms with Crippen molar-refractivity contribution in [1.82, 2.24) is 14.5 Å². The van der Waals surface area contributed by atoms with Crippen LogP contribution in [0.5, 0.6) is 0 Å². The molecular formula is C24H32F3N5O4. The van der Waals surface area contributed by atoms with Gasteiger partial charge in [0.05, 0.1) is 37.1 Å². The van der Waals surface area contributed by atoms with Crippen LogP contribution in [-0.2, 0) is 29.1 Å². The van der Waals surface area contributed by atoms with Crippen LogP contribution in [0.15, 0.2) is 23.0 Å². The molecule has 1 aliphatic heterocycles. The molecule has 12 heteroatoms. The van der Waals surface area contributed by atoms with Gasteiger partial charge in [0, 0.05) is 45.5 Å². The second kappa shape index (κ2) is 10.8. The maximum Gasteiger partial charge on any atom is 0.417 e. The molecule has 0 radical (unpaired) electrons. The predicted octanol–water partition coefficient (Wildman–Crippen LogP) is 3.36. The molecule has 9 nitrogen and oxygen atoms in total. The number of hydrogen-bond donors (Lipinski definition) is 1. The molecule has 0 bridgehead atoms. The van der Waals surface area contributed by atoms with Crippen molar-refractivity contribution in [3.05, 3.63) is 39.8 Å². The van der Waals surface area contributed by atoms with Gasteiger partial charge in [-0.3, -0.25) is 9.36 Å². The van der Waals surface area contributed by atoms with Crippen LogP contribution in [0.25, 0.3) is 11.4 Å². The van der Waals surface area contributed by atoms with Crippen molar-refractivity contribution in [1.29, 1.82) is 0 Å². The van der Waals surface area contributed by atoms with Gasteiger partial charge in [0.2, 0.25) is 0 Å². The Labute approximate surface area is 207 Å². The molecule has 1 aromatic heterocycles. The van der Waals surface area contributed by atoms with E-state index in [1.54, 1.807) is 32.0 Å². The molecule has 1 saturated heterocycles. The number of carbonyl (C=O) groups is 1. The number of methoxy groups -OCH3 is 1. The van der Waals surface area contributed by atoms with Crippen LogP contribution >= 0.6 is 0 Å². The zero-order valence-corrected chi connectivity index (χ0v) is 21.3. The molecule has 3 rings (SSSR count). The van der Waals surface area contributed by atoms with E-state index in [0.29, 0.717) is 24.4 Å². The SMILES string of the molecule is CCO[C@H]1CN(C(=O)OC)CC1Nc1c(CC)nc(-c2ccc(N(C)C)cc2C(F)(F)F)n(C)c1=O. The van der Waals surface area contributed by atoms with Crippen molar-refractivity contribution < 1.29 is 27.4 Å². The van der Waals surface area contributed by atoms with Crippen LogP contribution in [0.1, 0.15) is 25.1 Å². The van der Waals surface area contributed by atoms with E-state index >= 15 is 0 Å². The first-order valence-corrected chi connectivity index (χ1v) is 11.6. The summed E-state index contributed by atoms with van der Waals surface area (Å²) in [5, 5.41) is 3.16. The Morgan fingerprint density at radius 1 is 1.25 bits per heavy atom. The van der Waals surface area contributed by atoms with Gasteiger partial charge in [0.15, 0.2) is 0 Å². The molecule has 0 saturated carbocycles. The lowest BCUT2D eigenvalue weighted by molar-refractivity contribution is -0.137. The number of nitrogens with one attached hydrogen (secondary N) is 1. The molecule has 1 N–H and O–H groups in total. The van der Waals surface area contributed by atoms with Gasteiger partial charge in [-0.05, 0) is 31.5 Å². The monoisotopic (exact) mass is 511 g/mol. The third-order valence-corrected chi connectivity index (χ3v) is 6.18. The largest absolute Gasteiger partial charge is 0.453 e. The van der Waals surface area contributed by atoms with Crippen molar-refractivity contribution in [3.8, 4) is 11.4 Å². The summed E-state index contributed by atoms with van der Waals surface area (Å²) in [5.41, 5.74) is -0.705. The van der Waals surface area contributed by atoms with E-state index < -0.39 is 35.5 Å². The highest BCUT2D eigenvalue weighted by Crippen LogP contribution is 2.38. The molecule has 2 aromatic rings. The molecule has 36 heavy (non-hydrogen) atoms. The minimum Gasteiger partial charge on any atom is -0.453 e. The Bertz CT molecular complexity index is 1170. The van der Waals surface area contributed by atoms with Crippen molar-refractivity contribution in [3.63, 3.8) is 0 Å². The first-order chi connectivity index (χ1) is 16.9. The predicted molar refractivity (Wildman–Crippen MR) is 130 cm³/mol. The smallest absolute Gasteiger partial charge is 0.417 e. The second-order valence-corrected chi connectivity index (χ2v) is 8.72. The standard InChI is InChI=1S/C24H32F3N5O4/c1-7-17-20(28-18-12-32(23(34)35-6)13-19(18)36-8-2)22(33)31(5)21(29-17)15-10-9-14(30(3)4)11-16(15)24(25,26)27/h9-11,18-19,28H,7-8,12-13H2,1-6H3/t18?,19-/m0/s1. The topological polar surface area (TPSA) is 88.9 Å². The molecule has 1 aromatic carbocycles. The fourth-order valence-electron chi connectivity index (χ4n) is 4.29. The van der Waals surface area contributed by atoms with Crippen molar-refractivity contribution in [2.75, 3.05) is 51.1 Å². The summed E-state index contributed by atoms with van der Waals surface area (Å²) in [6.07, 6.45) is -5.26. The van der Waals surface area contributed by atoms with Crippen molar-refractivity contribution >= 4 is 17.5 Å². The maximum absolute atomic E-state index is 14.0. The summed E-state index contributed by atoms with van der Waals surface area (Å²) in [6.45, 7) is 4.50. The lowest BCUT2D eigenvalue weighted by atomic mass is 10.0. The molecule has 1 amide bonds. The number of likely N-dealkylation sites (tertiary alicyclic amines) is 1. The van der Waals surface area contributed by atoms with E-state index in [1.807, 2.05) is 6.92 Å². The highest BCUT2D eigenvalue weighted by atomic mass is 19.4. The van der Waals surface area contributed by atoms with Crippen LogP contribution in [0, 0.1) is 0 Å². The number of ether oxygens (including phenoxy) is 2. The number of benzene rings is 1. The lowest BCUT2D eigenvalue weighted by Gasteiger charge is -2.23. The Kier molecular flexibility index (Phi) is 8.17. The maximum atomic E-state index is 14.0. The fourth-order valence-corrected chi connectivity index (χ4v) is 4.29. The zero-order chi connectivity index (χ0) is 26.8. The normalized spacial score (nSPS) is 17.9. The first kappa shape index (κ1) is 27.3. The number of hydrogen-bond acceptors (Lipinski definition) is 7. The van der Waals surface area contributed by atoms with E-state index in [1.165, 1.54) is 25.1 Å². The Morgan fingerprint density at radius 3 is 2.50 bits per heavy atom. The second-order valence-electron chi connectivity index (χ2n) is 8.72. The Hall–Kier alpha value is -3.28. The van der Waals surface area contributed by atoms with Crippen molar-refractivity contribution in [2.45, 2.75) is 38.6 Å². The number of nitrogens with zero attached hydrogens (tertiary/aromatic N) is 4. The molecular weight excluding hydrogens is 479 g/mol. The Balaban J connectivity index is 2.08. The molecule has 2 atom stereocenters. The number of anilines is 2. The summed E-state index contributed by atoms with van der Waals surface area (Å²) >= 11 is 0. The van der Waals surface area contributed by atoms with Gasteiger partial charge in [0.25, 0.3) is 5.56 Å². The number of halogens is 3. The third kappa shape index (κ3) is 5.43. The average molecular weight is 512 g/mol. The zero-order valence-electron chi connectivity index (χ0n) is 21.3. The third-order valence-electron chi connectivity index (χ3n) is 6.18. The van der Waals surface area contributed by atoms with E-state index in [2.05, 4.69) is 10.3 Å². The van der Waals surface area contributed by atoms with Crippen molar-refractivity contribution in [2.24, 2.45) is 7.05 Å². The van der Waals surface area contributed by atoms with Gasteiger partial charge in [-0.25, -0.2) is 9.78 Å². The van der Waals surface area contributed by atoms with E-state index in [-0.39, 0.29) is 30.2 Å². The van der Waals surface area contributed by atoms with Gasteiger partial charge in [0.1, 0.15) is 11.5 Å². The van der Waals surface area contributed by atoms with Gasteiger partial charge in [-0.2, -0.15) is 13.2 Å². The molecule has 1 unspecified atom stereocenters. The number of aromatic nitrogens is 2. The van der Waals surface area contributed by atoms with Gasteiger partial charge >= 0.3 is 12.3 Å². The summed E-state index contributed by atoms with van der Waals surface area (Å²) in [6, 6.07) is 3.51. The summed E-state index contributed by atoms with van der Waals surface area (Å²) in [4.78, 5) is 33.0. The van der Waals surface area contributed by atoms with Crippen LogP contribution in [0.2, 0.25) is 0 Å². The molecule has 2 heterocycles. The highest BCUT2D eigenvalue weighted by Gasteiger charge is 2.38. The van der Waals surface area contributed by atoms with Crippen LogP contribution < -0.4 is 15.8 Å². The summed E-state index contributed by atoms with van der Waals surface area (Å²) < 4.78 is 53.6. The van der Waals surface area contributed by atoms with Gasteiger partial charge in [-0.15, -0.1) is 0 Å². The van der Waals surface area contributed by atoms with Crippen LogP contribution in [0.4, 0.5) is 29.3 Å². The molecule has 1 fully saturated rings. The molecule has 0 spiro atoms. The number of amides is 1. The van der Waals surface area contributed by atoms with Crippen LogP contribution in [0.3, 0.4) is 0 Å². The number of alkyl halides is 3.